The quantitative estimate of drug-likeness (QED) is 0.685. The monoisotopic (exact) mass is 445 g/mol. The number of para-hydroxylation sites is 1. The van der Waals surface area contributed by atoms with Gasteiger partial charge >= 0.3 is 0 Å². The van der Waals surface area contributed by atoms with Crippen molar-refractivity contribution in [3.05, 3.63) is 58.7 Å². The first-order valence-corrected chi connectivity index (χ1v) is 10.1. The van der Waals surface area contributed by atoms with Crippen LogP contribution in [0, 0.1) is 0 Å². The lowest BCUT2D eigenvalue weighted by Crippen LogP contribution is -2.23. The zero-order valence-electron chi connectivity index (χ0n) is 13.0. The molecule has 7 nitrogen and oxygen atoms in total. The molecule has 0 saturated heterocycles. The maximum Gasteiger partial charge on any atom is 0.240 e. The van der Waals surface area contributed by atoms with Gasteiger partial charge in [0.05, 0.1) is 24.1 Å². The van der Waals surface area contributed by atoms with Crippen LogP contribution in [0.4, 0.5) is 5.69 Å². The average molecular weight is 446 g/mol. The average Bonchev–Trinajstić information content (AvgIpc) is 2.54. The molecule has 10 heteroatoms. The molecule has 2 aromatic rings. The van der Waals surface area contributed by atoms with E-state index < -0.39 is 21.3 Å². The van der Waals surface area contributed by atoms with Crippen molar-refractivity contribution in [2.75, 3.05) is 11.4 Å². The Kier molecular flexibility index (Phi) is 6.36. The summed E-state index contributed by atoms with van der Waals surface area (Å²) in [6, 6.07) is 10.8. The number of hydrogen-bond donors (Lipinski definition) is 1. The summed E-state index contributed by atoms with van der Waals surface area (Å²) < 4.78 is 53.4. The first kappa shape index (κ1) is 19.6. The summed E-state index contributed by atoms with van der Waals surface area (Å²) in [6.07, 6.45) is 2.71. The molecule has 0 amide bonds. The Morgan fingerprint density at radius 2 is 1.96 bits per heavy atom. The largest absolute Gasteiger partial charge is 0.755 e. The SMILES string of the molecule is COc1ccc(Br)cc1C=CN(c1ccccc1S(N)(=O)=O)S(=O)[O-]. The number of sulfonamides is 1. The normalized spacial score (nSPS) is 13.0. The fraction of sp³-hybridized carbons (Fsp3) is 0.0667. The third kappa shape index (κ3) is 4.89. The predicted molar refractivity (Wildman–Crippen MR) is 98.9 cm³/mol. The van der Waals surface area contributed by atoms with Crippen molar-refractivity contribution in [1.29, 1.82) is 0 Å². The van der Waals surface area contributed by atoms with Gasteiger partial charge in [0.1, 0.15) is 10.6 Å². The number of methoxy groups -OCH3 is 1. The summed E-state index contributed by atoms with van der Waals surface area (Å²) in [5.41, 5.74) is 0.518. The summed E-state index contributed by atoms with van der Waals surface area (Å²) in [5, 5.41) is 5.16. The Morgan fingerprint density at radius 1 is 1.28 bits per heavy atom. The van der Waals surface area contributed by atoms with Crippen LogP contribution in [0.1, 0.15) is 5.56 Å². The molecule has 0 bridgehead atoms. The fourth-order valence-electron chi connectivity index (χ4n) is 2.07. The number of ether oxygens (including phenoxy) is 1. The van der Waals surface area contributed by atoms with Crippen LogP contribution in [-0.2, 0) is 21.3 Å². The van der Waals surface area contributed by atoms with Gasteiger partial charge < -0.3 is 9.29 Å². The van der Waals surface area contributed by atoms with Gasteiger partial charge in [-0.15, -0.1) is 0 Å². The third-order valence-electron chi connectivity index (χ3n) is 3.15. The predicted octanol–water partition coefficient (Wildman–Crippen LogP) is 2.38. The van der Waals surface area contributed by atoms with Crippen molar-refractivity contribution < 1.29 is 21.9 Å². The van der Waals surface area contributed by atoms with E-state index in [1.165, 1.54) is 43.7 Å². The molecule has 2 aromatic carbocycles. The molecular weight excluding hydrogens is 432 g/mol. The van der Waals surface area contributed by atoms with Crippen LogP contribution in [0.3, 0.4) is 0 Å². The first-order valence-electron chi connectivity index (χ1n) is 6.76. The van der Waals surface area contributed by atoms with E-state index in [4.69, 9.17) is 9.88 Å². The molecule has 1 atom stereocenters. The van der Waals surface area contributed by atoms with Gasteiger partial charge in [-0.1, -0.05) is 28.1 Å². The highest BCUT2D eigenvalue weighted by molar-refractivity contribution is 9.10. The molecule has 0 aromatic heterocycles. The molecule has 0 aliphatic carbocycles. The topological polar surface area (TPSA) is 113 Å². The smallest absolute Gasteiger partial charge is 0.240 e. The number of nitrogens with zero attached hydrogens (tertiary/aromatic N) is 1. The molecule has 1 unspecified atom stereocenters. The van der Waals surface area contributed by atoms with Gasteiger partial charge in [0.15, 0.2) is 0 Å². The molecule has 0 radical (unpaired) electrons. The minimum atomic E-state index is -4.10. The molecule has 0 aliphatic heterocycles. The van der Waals surface area contributed by atoms with Gasteiger partial charge in [0, 0.05) is 16.2 Å². The van der Waals surface area contributed by atoms with Crippen LogP contribution in [-0.4, -0.2) is 24.3 Å². The van der Waals surface area contributed by atoms with E-state index in [9.17, 15) is 17.2 Å². The van der Waals surface area contributed by atoms with Gasteiger partial charge in [-0.2, -0.15) is 0 Å². The molecule has 2 N–H and O–H groups in total. The molecule has 25 heavy (non-hydrogen) atoms. The second kappa shape index (κ2) is 8.11. The number of anilines is 1. The van der Waals surface area contributed by atoms with Gasteiger partial charge in [-0.3, -0.25) is 8.51 Å². The van der Waals surface area contributed by atoms with Crippen LogP contribution in [0.2, 0.25) is 0 Å². The minimum absolute atomic E-state index is 0.0800. The number of nitrogens with two attached hydrogens (primary N) is 1. The Balaban J connectivity index is 2.52. The maximum atomic E-state index is 11.7. The summed E-state index contributed by atoms with van der Waals surface area (Å²) in [6.45, 7) is 0. The van der Waals surface area contributed by atoms with Crippen molar-refractivity contribution in [1.82, 2.24) is 0 Å². The number of hydrogen-bond acceptors (Lipinski definition) is 5. The summed E-state index contributed by atoms with van der Waals surface area (Å²) in [5.74, 6) is 0.524. The van der Waals surface area contributed by atoms with Crippen molar-refractivity contribution in [3.63, 3.8) is 0 Å². The van der Waals surface area contributed by atoms with E-state index in [0.29, 0.717) is 11.3 Å². The zero-order chi connectivity index (χ0) is 18.6. The standard InChI is InChI=1S/C15H15BrN2O5S2/c1-23-14-7-6-12(16)10-11(14)8-9-18(24(19)20)13-4-2-3-5-15(13)25(17,21)22/h2-10H,1H3,(H,19,20)(H2,17,21,22)/p-1. The Hall–Kier alpha value is -1.72. The van der Waals surface area contributed by atoms with Crippen molar-refractivity contribution in [2.24, 2.45) is 5.14 Å². The number of rotatable bonds is 6. The van der Waals surface area contributed by atoms with E-state index in [-0.39, 0.29) is 10.6 Å². The van der Waals surface area contributed by atoms with E-state index in [2.05, 4.69) is 15.9 Å². The number of halogens is 1. The highest BCUT2D eigenvalue weighted by Crippen LogP contribution is 2.28. The summed E-state index contributed by atoms with van der Waals surface area (Å²) in [4.78, 5) is -0.301. The second-order valence-electron chi connectivity index (χ2n) is 4.76. The maximum absolute atomic E-state index is 11.7. The van der Waals surface area contributed by atoms with Crippen LogP contribution < -0.4 is 14.2 Å². The molecule has 0 aliphatic rings. The zero-order valence-corrected chi connectivity index (χ0v) is 16.2. The van der Waals surface area contributed by atoms with Gasteiger partial charge in [0.25, 0.3) is 0 Å². The Morgan fingerprint density at radius 3 is 2.56 bits per heavy atom. The molecular formula is C15H14BrN2O5S2-. The van der Waals surface area contributed by atoms with Crippen molar-refractivity contribution in [2.45, 2.75) is 4.90 Å². The highest BCUT2D eigenvalue weighted by Gasteiger charge is 2.17. The van der Waals surface area contributed by atoms with E-state index >= 15 is 0 Å². The lowest BCUT2D eigenvalue weighted by atomic mass is 10.2. The number of primary sulfonamides is 1. The molecule has 0 heterocycles. The van der Waals surface area contributed by atoms with E-state index in [1.807, 2.05) is 0 Å². The molecule has 0 spiro atoms. The molecule has 134 valence electrons. The second-order valence-corrected chi connectivity index (χ2v) is 8.03. The van der Waals surface area contributed by atoms with Crippen molar-refractivity contribution >= 4 is 49.0 Å². The molecule has 0 fully saturated rings. The van der Waals surface area contributed by atoms with Gasteiger partial charge in [-0.25, -0.2) is 13.6 Å². The molecule has 0 saturated carbocycles. The summed E-state index contributed by atoms with van der Waals surface area (Å²) >= 11 is 0.560. The van der Waals surface area contributed by atoms with Crippen LogP contribution >= 0.6 is 15.9 Å². The third-order valence-corrected chi connectivity index (χ3v) is 5.24. The minimum Gasteiger partial charge on any atom is -0.755 e. The Bertz CT molecular complexity index is 931. The van der Waals surface area contributed by atoms with Gasteiger partial charge in [-0.05, 0) is 36.4 Å². The lowest BCUT2D eigenvalue weighted by Gasteiger charge is -2.24. The van der Waals surface area contributed by atoms with Crippen LogP contribution in [0.5, 0.6) is 5.75 Å². The van der Waals surface area contributed by atoms with Crippen molar-refractivity contribution in [3.8, 4) is 5.75 Å². The van der Waals surface area contributed by atoms with Gasteiger partial charge in [0.2, 0.25) is 10.0 Å². The lowest BCUT2D eigenvalue weighted by molar-refractivity contribution is 0.414. The Labute approximate surface area is 156 Å². The fourth-order valence-corrected chi connectivity index (χ4v) is 3.72. The number of benzene rings is 2. The molecule has 2 rings (SSSR count). The van der Waals surface area contributed by atoms with Crippen LogP contribution in [0.15, 0.2) is 58.0 Å². The van der Waals surface area contributed by atoms with Crippen LogP contribution in [0.25, 0.3) is 6.08 Å². The van der Waals surface area contributed by atoms with E-state index in [1.54, 1.807) is 18.2 Å². The van der Waals surface area contributed by atoms with E-state index in [0.717, 1.165) is 8.78 Å². The summed E-state index contributed by atoms with van der Waals surface area (Å²) in [7, 11) is -2.61. The highest BCUT2D eigenvalue weighted by atomic mass is 79.9. The first-order chi connectivity index (χ1) is 11.7.